The van der Waals surface area contributed by atoms with Crippen LogP contribution in [0.15, 0.2) is 48.5 Å². The van der Waals surface area contributed by atoms with Gasteiger partial charge in [0.2, 0.25) is 0 Å². The fourth-order valence-corrected chi connectivity index (χ4v) is 5.51. The Kier molecular flexibility index (Phi) is 26.4. The van der Waals surface area contributed by atoms with Crippen LogP contribution in [0.25, 0.3) is 0 Å². The topological polar surface area (TPSA) is 140 Å². The molecule has 0 spiro atoms. The molecule has 10 nitrogen and oxygen atoms in total. The second-order valence-corrected chi connectivity index (χ2v) is 13.8. The lowest BCUT2D eigenvalue weighted by molar-refractivity contribution is 0.0489. The zero-order valence-corrected chi connectivity index (χ0v) is 32.8. The number of carbonyl (C=O) groups is 2. The van der Waals surface area contributed by atoms with Crippen molar-refractivity contribution in [2.45, 2.75) is 136 Å². The third-order valence-corrected chi connectivity index (χ3v) is 8.63. The SMILES string of the molecule is CCCCCCOC(=O)c1ccc(N(CCCC(C)O)CCCC(C)O)cc1.CCCCCOC(=O)c1cccc(N(CCCO)CCC(C)O)c1. The van der Waals surface area contributed by atoms with Gasteiger partial charge in [-0.25, -0.2) is 9.59 Å². The van der Waals surface area contributed by atoms with Gasteiger partial charge >= 0.3 is 11.9 Å². The predicted octanol–water partition coefficient (Wildman–Crippen LogP) is 7.55. The number of hydrogen-bond donors (Lipinski definition) is 4. The van der Waals surface area contributed by atoms with Gasteiger partial charge in [0.05, 0.1) is 42.7 Å². The van der Waals surface area contributed by atoms with E-state index in [1.807, 2.05) is 42.5 Å². The first-order valence-electron chi connectivity index (χ1n) is 19.7. The molecule has 4 N–H and O–H groups in total. The van der Waals surface area contributed by atoms with Crippen molar-refractivity contribution in [3.05, 3.63) is 59.7 Å². The van der Waals surface area contributed by atoms with Crippen LogP contribution < -0.4 is 9.80 Å². The number of anilines is 2. The minimum absolute atomic E-state index is 0.115. The Bertz CT molecular complexity index is 1170. The van der Waals surface area contributed by atoms with Crippen molar-refractivity contribution in [2.75, 3.05) is 55.8 Å². The van der Waals surface area contributed by atoms with Crippen molar-refractivity contribution >= 4 is 23.3 Å². The molecule has 296 valence electrons. The summed E-state index contributed by atoms with van der Waals surface area (Å²) in [7, 11) is 0. The standard InChI is InChI=1S/C23H39NO4.C19H31NO4/c1-4-5-6-7-18-28-23(27)21-12-14-22(15-13-21)24(16-8-10-19(2)25)17-9-11-20(3)26;1-3-4-5-14-24-19(23)17-8-6-9-18(15-17)20(11-7-13-21)12-10-16(2)22/h12-15,19-20,25-26H,4-11,16-18H2,1-3H3;6,8-9,15-16,21-22H,3-5,7,10-14H2,1-2H3. The van der Waals surface area contributed by atoms with Crippen molar-refractivity contribution in [3.63, 3.8) is 0 Å². The quantitative estimate of drug-likeness (QED) is 0.0538. The first-order chi connectivity index (χ1) is 25.0. The lowest BCUT2D eigenvalue weighted by Gasteiger charge is -2.25. The number of nitrogens with zero attached hydrogens (tertiary/aromatic N) is 2. The molecule has 0 aliphatic carbocycles. The molecule has 0 heterocycles. The van der Waals surface area contributed by atoms with Gasteiger partial charge in [-0.1, -0.05) is 52.0 Å². The summed E-state index contributed by atoms with van der Waals surface area (Å²) in [5.41, 5.74) is 3.07. The van der Waals surface area contributed by atoms with Crippen molar-refractivity contribution in [2.24, 2.45) is 0 Å². The Morgan fingerprint density at radius 1 is 0.577 bits per heavy atom. The highest BCUT2D eigenvalue weighted by atomic mass is 16.5. The number of unbranched alkanes of at least 4 members (excludes halogenated alkanes) is 5. The zero-order chi connectivity index (χ0) is 38.6. The van der Waals surface area contributed by atoms with Gasteiger partial charge < -0.3 is 39.7 Å². The fraction of sp³-hybridized carbons (Fsp3) is 0.667. The summed E-state index contributed by atoms with van der Waals surface area (Å²) in [6, 6.07) is 14.9. The van der Waals surface area contributed by atoms with E-state index in [1.54, 1.807) is 26.8 Å². The van der Waals surface area contributed by atoms with Crippen molar-refractivity contribution < 1.29 is 39.5 Å². The molecule has 0 saturated carbocycles. The molecule has 10 heteroatoms. The molecular formula is C42H70N2O8. The largest absolute Gasteiger partial charge is 0.462 e. The summed E-state index contributed by atoms with van der Waals surface area (Å²) >= 11 is 0. The number of hydrogen-bond acceptors (Lipinski definition) is 10. The van der Waals surface area contributed by atoms with Gasteiger partial charge in [-0.2, -0.15) is 0 Å². The van der Waals surface area contributed by atoms with Gasteiger partial charge in [0.25, 0.3) is 0 Å². The molecule has 0 radical (unpaired) electrons. The Labute approximate surface area is 314 Å². The number of esters is 2. The van der Waals surface area contributed by atoms with Crippen molar-refractivity contribution in [1.82, 2.24) is 0 Å². The second-order valence-electron chi connectivity index (χ2n) is 13.8. The van der Waals surface area contributed by atoms with Crippen LogP contribution in [0.5, 0.6) is 0 Å². The molecule has 3 unspecified atom stereocenters. The van der Waals surface area contributed by atoms with Crippen LogP contribution in [0.1, 0.15) is 139 Å². The van der Waals surface area contributed by atoms with Crippen molar-refractivity contribution in [3.8, 4) is 0 Å². The summed E-state index contributed by atoms with van der Waals surface area (Å²) in [5.74, 6) is -0.566. The Morgan fingerprint density at radius 3 is 1.62 bits per heavy atom. The highest BCUT2D eigenvalue weighted by Crippen LogP contribution is 2.20. The minimum atomic E-state index is -0.381. The summed E-state index contributed by atoms with van der Waals surface area (Å²) in [5, 5.41) is 37.6. The predicted molar refractivity (Wildman–Crippen MR) is 211 cm³/mol. The zero-order valence-electron chi connectivity index (χ0n) is 32.8. The van der Waals surface area contributed by atoms with Gasteiger partial charge in [0.1, 0.15) is 0 Å². The van der Waals surface area contributed by atoms with E-state index in [-0.39, 0.29) is 36.9 Å². The van der Waals surface area contributed by atoms with Crippen molar-refractivity contribution in [1.29, 1.82) is 0 Å². The molecule has 0 amide bonds. The summed E-state index contributed by atoms with van der Waals surface area (Å²) in [4.78, 5) is 28.6. The van der Waals surface area contributed by atoms with Gasteiger partial charge in [-0.15, -0.1) is 0 Å². The number of aliphatic hydroxyl groups excluding tert-OH is 4. The summed E-state index contributed by atoms with van der Waals surface area (Å²) in [6.45, 7) is 13.7. The van der Waals surface area contributed by atoms with Crippen LogP contribution >= 0.6 is 0 Å². The van der Waals surface area contributed by atoms with Gasteiger partial charge in [0.15, 0.2) is 0 Å². The smallest absolute Gasteiger partial charge is 0.338 e. The van der Waals surface area contributed by atoms with Gasteiger partial charge in [-0.05, 0) is 115 Å². The van der Waals surface area contributed by atoms with E-state index >= 15 is 0 Å². The third kappa shape index (κ3) is 22.0. The number of ether oxygens (including phenoxy) is 2. The first-order valence-corrected chi connectivity index (χ1v) is 19.7. The first kappa shape index (κ1) is 46.8. The maximum absolute atomic E-state index is 12.2. The van der Waals surface area contributed by atoms with E-state index in [0.717, 1.165) is 82.3 Å². The molecule has 0 fully saturated rings. The van der Waals surface area contributed by atoms with E-state index in [4.69, 9.17) is 14.6 Å². The van der Waals surface area contributed by atoms with Crippen LogP contribution in [0.2, 0.25) is 0 Å². The van der Waals surface area contributed by atoms with Crippen LogP contribution in [-0.4, -0.2) is 96.7 Å². The Hall–Kier alpha value is -3.18. The summed E-state index contributed by atoms with van der Waals surface area (Å²) in [6.07, 6.45) is 11.0. The van der Waals surface area contributed by atoms with Gasteiger partial charge in [0, 0.05) is 44.2 Å². The Morgan fingerprint density at radius 2 is 1.08 bits per heavy atom. The highest BCUT2D eigenvalue weighted by molar-refractivity contribution is 5.90. The average Bonchev–Trinajstić information content (AvgIpc) is 3.12. The van der Waals surface area contributed by atoms with Crippen LogP contribution in [-0.2, 0) is 9.47 Å². The molecule has 0 aromatic heterocycles. The normalized spacial score (nSPS) is 12.6. The highest BCUT2D eigenvalue weighted by Gasteiger charge is 2.14. The molecule has 2 aromatic rings. The van der Waals surface area contributed by atoms with E-state index < -0.39 is 0 Å². The molecule has 0 saturated heterocycles. The molecule has 3 atom stereocenters. The molecule has 52 heavy (non-hydrogen) atoms. The number of benzene rings is 2. The van der Waals surface area contributed by atoms with E-state index in [2.05, 4.69) is 23.6 Å². The molecule has 2 aromatic carbocycles. The van der Waals surface area contributed by atoms with Crippen LogP contribution in [0.3, 0.4) is 0 Å². The second kappa shape index (κ2) is 29.3. The number of aliphatic hydroxyl groups is 4. The number of carbonyl (C=O) groups excluding carboxylic acids is 2. The number of rotatable bonds is 27. The average molecular weight is 731 g/mol. The maximum atomic E-state index is 12.2. The minimum Gasteiger partial charge on any atom is -0.462 e. The van der Waals surface area contributed by atoms with Gasteiger partial charge in [-0.3, -0.25) is 0 Å². The van der Waals surface area contributed by atoms with E-state index in [9.17, 15) is 24.9 Å². The lowest BCUT2D eigenvalue weighted by atomic mass is 10.1. The maximum Gasteiger partial charge on any atom is 0.338 e. The summed E-state index contributed by atoms with van der Waals surface area (Å²) < 4.78 is 10.7. The molecular weight excluding hydrogens is 660 g/mol. The third-order valence-electron chi connectivity index (χ3n) is 8.63. The van der Waals surface area contributed by atoms with E-state index in [1.165, 1.54) is 12.8 Å². The van der Waals surface area contributed by atoms with Crippen LogP contribution in [0, 0.1) is 0 Å². The van der Waals surface area contributed by atoms with Crippen LogP contribution in [0.4, 0.5) is 11.4 Å². The fourth-order valence-electron chi connectivity index (χ4n) is 5.51. The molecule has 0 bridgehead atoms. The lowest BCUT2D eigenvalue weighted by Crippen LogP contribution is -2.28. The monoisotopic (exact) mass is 731 g/mol. The Balaban J connectivity index is 0.000000526. The van der Waals surface area contributed by atoms with E-state index in [0.29, 0.717) is 50.3 Å². The molecule has 2 rings (SSSR count). The molecule has 0 aliphatic rings. The molecule has 0 aliphatic heterocycles.